The monoisotopic (exact) mass is 348 g/mol. The smallest absolute Gasteiger partial charge is 0.328 e. The van der Waals surface area contributed by atoms with Gasteiger partial charge in [-0.15, -0.1) is 0 Å². The summed E-state index contributed by atoms with van der Waals surface area (Å²) in [5.41, 5.74) is 2.07. The molecule has 3 aromatic rings. The third-order valence-electron chi connectivity index (χ3n) is 4.87. The van der Waals surface area contributed by atoms with E-state index in [9.17, 15) is 9.59 Å². The molecule has 0 aliphatic heterocycles. The van der Waals surface area contributed by atoms with Gasteiger partial charge in [-0.3, -0.25) is 4.79 Å². The van der Waals surface area contributed by atoms with Crippen LogP contribution in [0.15, 0.2) is 48.5 Å². The zero-order chi connectivity index (χ0) is 18.1. The van der Waals surface area contributed by atoms with Gasteiger partial charge in [-0.25, -0.2) is 9.78 Å². The highest BCUT2D eigenvalue weighted by Gasteiger charge is 2.31. The van der Waals surface area contributed by atoms with Crippen molar-refractivity contribution in [2.45, 2.75) is 25.3 Å². The summed E-state index contributed by atoms with van der Waals surface area (Å²) >= 11 is 0. The van der Waals surface area contributed by atoms with Gasteiger partial charge >= 0.3 is 5.97 Å². The van der Waals surface area contributed by atoms with Crippen LogP contribution in [0.5, 0.6) is 0 Å². The first-order valence-corrected chi connectivity index (χ1v) is 8.83. The number of amides is 1. The molecule has 132 valence electrons. The van der Waals surface area contributed by atoms with E-state index in [2.05, 4.69) is 10.3 Å². The maximum atomic E-state index is 13.2. The molecule has 1 amide bonds. The van der Waals surface area contributed by atoms with Crippen molar-refractivity contribution in [2.75, 3.05) is 7.11 Å². The van der Waals surface area contributed by atoms with E-state index >= 15 is 0 Å². The van der Waals surface area contributed by atoms with Gasteiger partial charge in [0.15, 0.2) is 0 Å². The third kappa shape index (κ3) is 3.12. The van der Waals surface area contributed by atoms with Crippen LogP contribution in [0.2, 0.25) is 0 Å². The Balaban J connectivity index is 1.77. The molecule has 0 spiro atoms. The number of carbonyl (C=O) groups excluding carboxylic acids is 2. The van der Waals surface area contributed by atoms with E-state index in [-0.39, 0.29) is 5.91 Å². The summed E-state index contributed by atoms with van der Waals surface area (Å²) in [5.74, 6) is -0.172. The number of para-hydroxylation sites is 2. The first kappa shape index (κ1) is 16.5. The average molecular weight is 348 g/mol. The van der Waals surface area contributed by atoms with Crippen LogP contribution in [-0.4, -0.2) is 30.0 Å². The Morgan fingerprint density at radius 2 is 1.65 bits per heavy atom. The highest BCUT2D eigenvalue weighted by molar-refractivity contribution is 6.16. The van der Waals surface area contributed by atoms with E-state index in [1.165, 1.54) is 7.11 Å². The molecule has 1 saturated carbocycles. The van der Waals surface area contributed by atoms with E-state index in [0.29, 0.717) is 17.9 Å². The summed E-state index contributed by atoms with van der Waals surface area (Å²) in [6.45, 7) is 0. The number of nitrogens with one attached hydrogen (secondary N) is 1. The van der Waals surface area contributed by atoms with Gasteiger partial charge in [0.05, 0.1) is 23.7 Å². The van der Waals surface area contributed by atoms with Crippen molar-refractivity contribution in [3.05, 3.63) is 54.1 Å². The van der Waals surface area contributed by atoms with Crippen molar-refractivity contribution in [3.8, 4) is 0 Å². The van der Waals surface area contributed by atoms with Crippen LogP contribution in [0.25, 0.3) is 21.8 Å². The molecule has 1 aromatic heterocycles. The van der Waals surface area contributed by atoms with Crippen LogP contribution >= 0.6 is 0 Å². The summed E-state index contributed by atoms with van der Waals surface area (Å²) in [6.07, 6.45) is 2.83. The molecule has 0 saturated heterocycles. The number of fused-ring (bicyclic) bond motifs is 2. The first-order chi connectivity index (χ1) is 12.7. The Kier molecular flexibility index (Phi) is 4.29. The van der Waals surface area contributed by atoms with Crippen LogP contribution in [-0.2, 0) is 9.53 Å². The van der Waals surface area contributed by atoms with Crippen LogP contribution < -0.4 is 5.32 Å². The van der Waals surface area contributed by atoms with Crippen molar-refractivity contribution < 1.29 is 14.3 Å². The lowest BCUT2D eigenvalue weighted by atomic mass is 10.0. The zero-order valence-corrected chi connectivity index (χ0v) is 14.6. The maximum Gasteiger partial charge on any atom is 0.328 e. The predicted octanol–water partition coefficient (Wildman–Crippen LogP) is 3.46. The number of methoxy groups -OCH3 is 1. The molecule has 1 fully saturated rings. The summed E-state index contributed by atoms with van der Waals surface area (Å²) in [6, 6.07) is 14.5. The van der Waals surface area contributed by atoms with Gasteiger partial charge in [-0.2, -0.15) is 0 Å². The van der Waals surface area contributed by atoms with E-state index in [4.69, 9.17) is 4.74 Å². The number of hydrogen-bond donors (Lipinski definition) is 1. The van der Waals surface area contributed by atoms with Gasteiger partial charge in [0.25, 0.3) is 5.91 Å². The van der Waals surface area contributed by atoms with Gasteiger partial charge in [0.1, 0.15) is 6.04 Å². The van der Waals surface area contributed by atoms with Crippen molar-refractivity contribution in [2.24, 2.45) is 5.92 Å². The van der Waals surface area contributed by atoms with Gasteiger partial charge in [0, 0.05) is 10.8 Å². The molecule has 1 aliphatic carbocycles. The van der Waals surface area contributed by atoms with Crippen molar-refractivity contribution in [1.82, 2.24) is 10.3 Å². The van der Waals surface area contributed by atoms with Crippen molar-refractivity contribution in [3.63, 3.8) is 0 Å². The van der Waals surface area contributed by atoms with E-state index in [1.54, 1.807) is 0 Å². The highest BCUT2D eigenvalue weighted by Crippen LogP contribution is 2.34. The standard InChI is InChI=1S/C21H20N2O3/c1-26-21(25)18(12-13-10-11-13)23-20(24)19-14-6-2-4-8-16(14)22-17-9-5-3-7-15(17)19/h2-9,13,18H,10-12H2,1H3,(H,23,24)/t18-/m1/s1. The topological polar surface area (TPSA) is 68.3 Å². The number of nitrogens with zero attached hydrogens (tertiary/aromatic N) is 1. The number of hydrogen-bond acceptors (Lipinski definition) is 4. The average Bonchev–Trinajstić information content (AvgIpc) is 3.48. The van der Waals surface area contributed by atoms with Gasteiger partial charge in [0.2, 0.25) is 0 Å². The van der Waals surface area contributed by atoms with Crippen LogP contribution in [0.3, 0.4) is 0 Å². The Hall–Kier alpha value is -2.95. The minimum atomic E-state index is -0.620. The first-order valence-electron chi connectivity index (χ1n) is 8.83. The second kappa shape index (κ2) is 6.75. The lowest BCUT2D eigenvalue weighted by Gasteiger charge is -2.18. The Bertz CT molecular complexity index is 941. The van der Waals surface area contributed by atoms with E-state index in [1.807, 2.05) is 48.5 Å². The van der Waals surface area contributed by atoms with Crippen molar-refractivity contribution >= 4 is 33.7 Å². The van der Waals surface area contributed by atoms with E-state index in [0.717, 1.165) is 34.6 Å². The molecule has 5 nitrogen and oxygen atoms in total. The third-order valence-corrected chi connectivity index (χ3v) is 4.87. The molecule has 1 heterocycles. The molecular formula is C21H20N2O3. The van der Waals surface area contributed by atoms with Crippen molar-refractivity contribution in [1.29, 1.82) is 0 Å². The summed E-state index contributed by atoms with van der Waals surface area (Å²) in [5, 5.41) is 4.45. The number of ether oxygens (including phenoxy) is 1. The zero-order valence-electron chi connectivity index (χ0n) is 14.6. The highest BCUT2D eigenvalue weighted by atomic mass is 16.5. The fourth-order valence-electron chi connectivity index (χ4n) is 3.36. The predicted molar refractivity (Wildman–Crippen MR) is 99.9 cm³/mol. The summed E-state index contributed by atoms with van der Waals surface area (Å²) < 4.78 is 4.89. The molecule has 1 atom stereocenters. The molecule has 0 bridgehead atoms. The number of aromatic nitrogens is 1. The Morgan fingerprint density at radius 3 is 2.19 bits per heavy atom. The van der Waals surface area contributed by atoms with Crippen LogP contribution in [0.4, 0.5) is 0 Å². The summed E-state index contributed by atoms with van der Waals surface area (Å²) in [7, 11) is 1.35. The number of esters is 1. The molecule has 26 heavy (non-hydrogen) atoms. The molecule has 5 heteroatoms. The Labute approximate surface area is 151 Å². The normalized spacial score (nSPS) is 15.0. The fourth-order valence-corrected chi connectivity index (χ4v) is 3.36. The molecule has 2 aromatic carbocycles. The SMILES string of the molecule is COC(=O)[C@@H](CC1CC1)NC(=O)c1c2ccccc2nc2ccccc12. The lowest BCUT2D eigenvalue weighted by Crippen LogP contribution is -2.42. The quantitative estimate of drug-likeness (QED) is 0.566. The molecule has 0 unspecified atom stereocenters. The van der Waals surface area contributed by atoms with Gasteiger partial charge < -0.3 is 10.1 Å². The minimum Gasteiger partial charge on any atom is -0.467 e. The molecular weight excluding hydrogens is 328 g/mol. The molecule has 0 radical (unpaired) electrons. The second-order valence-electron chi connectivity index (χ2n) is 6.75. The molecule has 1 N–H and O–H groups in total. The number of carbonyl (C=O) groups is 2. The van der Waals surface area contributed by atoms with Crippen LogP contribution in [0, 0.1) is 5.92 Å². The van der Waals surface area contributed by atoms with Gasteiger partial charge in [-0.1, -0.05) is 49.2 Å². The largest absolute Gasteiger partial charge is 0.467 e. The van der Waals surface area contributed by atoms with E-state index < -0.39 is 12.0 Å². The number of pyridine rings is 1. The summed E-state index contributed by atoms with van der Waals surface area (Å²) in [4.78, 5) is 29.9. The Morgan fingerprint density at radius 1 is 1.08 bits per heavy atom. The number of benzene rings is 2. The minimum absolute atomic E-state index is 0.268. The van der Waals surface area contributed by atoms with Gasteiger partial charge in [-0.05, 0) is 24.5 Å². The second-order valence-corrected chi connectivity index (χ2v) is 6.75. The van der Waals surface area contributed by atoms with Crippen LogP contribution in [0.1, 0.15) is 29.6 Å². The number of rotatable bonds is 5. The maximum absolute atomic E-state index is 13.2. The lowest BCUT2D eigenvalue weighted by molar-refractivity contribution is -0.143. The molecule has 1 aliphatic rings. The fraction of sp³-hybridized carbons (Fsp3) is 0.286. The molecule has 4 rings (SSSR count).